The molecule has 0 radical (unpaired) electrons. The molecule has 0 aliphatic heterocycles. The van der Waals surface area contributed by atoms with E-state index in [9.17, 15) is 13.5 Å². The summed E-state index contributed by atoms with van der Waals surface area (Å²) in [5.74, 6) is 0.326. The summed E-state index contributed by atoms with van der Waals surface area (Å²) in [4.78, 5) is 0. The fourth-order valence-corrected chi connectivity index (χ4v) is 2.07. The molecule has 0 aromatic heterocycles. The fourth-order valence-electron chi connectivity index (χ4n) is 1.40. The molecule has 1 atom stereocenters. The van der Waals surface area contributed by atoms with Gasteiger partial charge < -0.3 is 5.11 Å². The Morgan fingerprint density at radius 2 is 1.69 bits per heavy atom. The standard InChI is InChI=1S/C9H20O3S/c1-4-8(5-2)9(10)6-7-13(3,11)12/h8-10H,4-7H2,1-3H3. The second-order valence-electron chi connectivity index (χ2n) is 3.56. The zero-order valence-corrected chi connectivity index (χ0v) is 9.47. The van der Waals surface area contributed by atoms with E-state index >= 15 is 0 Å². The Morgan fingerprint density at radius 1 is 1.23 bits per heavy atom. The number of hydrogen-bond donors (Lipinski definition) is 1. The Bertz CT molecular complexity index is 217. The highest BCUT2D eigenvalue weighted by molar-refractivity contribution is 7.90. The van der Waals surface area contributed by atoms with Crippen LogP contribution in [0.2, 0.25) is 0 Å². The molecule has 0 rings (SSSR count). The Balaban J connectivity index is 3.92. The zero-order chi connectivity index (χ0) is 10.5. The lowest BCUT2D eigenvalue weighted by molar-refractivity contribution is 0.0997. The average molecular weight is 208 g/mol. The van der Waals surface area contributed by atoms with Gasteiger partial charge in [0.15, 0.2) is 0 Å². The normalized spacial score (nSPS) is 14.8. The van der Waals surface area contributed by atoms with E-state index in [1.165, 1.54) is 6.26 Å². The minimum atomic E-state index is -2.93. The quantitative estimate of drug-likeness (QED) is 0.714. The van der Waals surface area contributed by atoms with Gasteiger partial charge >= 0.3 is 0 Å². The number of aliphatic hydroxyl groups excluding tert-OH is 1. The molecule has 1 N–H and O–H groups in total. The van der Waals surface area contributed by atoms with Crippen LogP contribution in [0.15, 0.2) is 0 Å². The van der Waals surface area contributed by atoms with Crippen LogP contribution in [0.5, 0.6) is 0 Å². The van der Waals surface area contributed by atoms with Gasteiger partial charge in [-0.15, -0.1) is 0 Å². The van der Waals surface area contributed by atoms with E-state index in [1.807, 2.05) is 13.8 Å². The van der Waals surface area contributed by atoms with Crippen LogP contribution in [0.25, 0.3) is 0 Å². The third kappa shape index (κ3) is 6.05. The van der Waals surface area contributed by atoms with Crippen molar-refractivity contribution in [2.45, 2.75) is 39.2 Å². The van der Waals surface area contributed by atoms with E-state index in [2.05, 4.69) is 0 Å². The molecule has 0 saturated heterocycles. The van der Waals surface area contributed by atoms with E-state index in [-0.39, 0.29) is 11.7 Å². The Labute approximate surface area is 81.1 Å². The minimum Gasteiger partial charge on any atom is -0.393 e. The van der Waals surface area contributed by atoms with Crippen molar-refractivity contribution in [2.75, 3.05) is 12.0 Å². The van der Waals surface area contributed by atoms with E-state index in [1.54, 1.807) is 0 Å². The molecule has 0 aromatic rings. The average Bonchev–Trinajstić information content (AvgIpc) is 2.02. The van der Waals surface area contributed by atoms with E-state index in [4.69, 9.17) is 0 Å². The molecule has 13 heavy (non-hydrogen) atoms. The first-order valence-electron chi connectivity index (χ1n) is 4.76. The maximum absolute atomic E-state index is 10.8. The first-order chi connectivity index (χ1) is 5.90. The van der Waals surface area contributed by atoms with Crippen LogP contribution in [0.4, 0.5) is 0 Å². The molecule has 3 nitrogen and oxygen atoms in total. The van der Waals surface area contributed by atoms with Gasteiger partial charge in [-0.05, 0) is 12.3 Å². The molecule has 0 aliphatic carbocycles. The highest BCUT2D eigenvalue weighted by atomic mass is 32.2. The van der Waals surface area contributed by atoms with Crippen LogP contribution in [0.1, 0.15) is 33.1 Å². The van der Waals surface area contributed by atoms with Crippen molar-refractivity contribution in [2.24, 2.45) is 5.92 Å². The Kier molecular flexibility index (Phi) is 5.56. The van der Waals surface area contributed by atoms with Crippen LogP contribution in [0, 0.1) is 5.92 Å². The second-order valence-corrected chi connectivity index (χ2v) is 5.82. The van der Waals surface area contributed by atoms with Crippen LogP contribution >= 0.6 is 0 Å². The van der Waals surface area contributed by atoms with Gasteiger partial charge in [0, 0.05) is 6.26 Å². The molecule has 1 unspecified atom stereocenters. The van der Waals surface area contributed by atoms with Crippen molar-refractivity contribution in [3.63, 3.8) is 0 Å². The van der Waals surface area contributed by atoms with E-state index < -0.39 is 15.9 Å². The van der Waals surface area contributed by atoms with Gasteiger partial charge in [0.2, 0.25) is 0 Å². The first-order valence-corrected chi connectivity index (χ1v) is 6.82. The summed E-state index contributed by atoms with van der Waals surface area (Å²) in [7, 11) is -2.93. The molecule has 0 aromatic carbocycles. The van der Waals surface area contributed by atoms with E-state index in [0.717, 1.165) is 12.8 Å². The van der Waals surface area contributed by atoms with Crippen LogP contribution in [-0.2, 0) is 9.84 Å². The maximum atomic E-state index is 10.8. The summed E-state index contributed by atoms with van der Waals surface area (Å²) in [6.07, 6.45) is 2.91. The molecule has 4 heteroatoms. The molecule has 80 valence electrons. The lowest BCUT2D eigenvalue weighted by Crippen LogP contribution is -2.22. The molecule has 0 aliphatic rings. The zero-order valence-electron chi connectivity index (χ0n) is 8.66. The van der Waals surface area contributed by atoms with Gasteiger partial charge in [-0.25, -0.2) is 8.42 Å². The van der Waals surface area contributed by atoms with Crippen molar-refractivity contribution in [1.82, 2.24) is 0 Å². The van der Waals surface area contributed by atoms with Crippen LogP contribution in [0.3, 0.4) is 0 Å². The number of sulfone groups is 1. The summed E-state index contributed by atoms with van der Waals surface area (Å²) in [5.41, 5.74) is 0. The maximum Gasteiger partial charge on any atom is 0.147 e. The summed E-state index contributed by atoms with van der Waals surface area (Å²) >= 11 is 0. The molecule has 0 amide bonds. The second kappa shape index (κ2) is 5.60. The van der Waals surface area contributed by atoms with Gasteiger partial charge in [0.05, 0.1) is 11.9 Å². The van der Waals surface area contributed by atoms with Crippen molar-refractivity contribution in [1.29, 1.82) is 0 Å². The molecular formula is C9H20O3S. The molecule has 0 fully saturated rings. The number of rotatable bonds is 6. The third-order valence-corrected chi connectivity index (χ3v) is 3.35. The van der Waals surface area contributed by atoms with Gasteiger partial charge in [-0.1, -0.05) is 26.7 Å². The number of hydrogen-bond acceptors (Lipinski definition) is 3. The first kappa shape index (κ1) is 12.9. The lowest BCUT2D eigenvalue weighted by atomic mass is 9.95. The third-order valence-electron chi connectivity index (χ3n) is 2.38. The minimum absolute atomic E-state index is 0.0880. The molecule has 0 spiro atoms. The highest BCUT2D eigenvalue weighted by Crippen LogP contribution is 2.15. The van der Waals surface area contributed by atoms with Gasteiger partial charge in [0.25, 0.3) is 0 Å². The molecule has 0 bridgehead atoms. The number of aliphatic hydroxyl groups is 1. The molecule has 0 saturated carbocycles. The van der Waals surface area contributed by atoms with Gasteiger partial charge in [-0.3, -0.25) is 0 Å². The van der Waals surface area contributed by atoms with Gasteiger partial charge in [0.1, 0.15) is 9.84 Å². The van der Waals surface area contributed by atoms with Crippen molar-refractivity contribution >= 4 is 9.84 Å². The van der Waals surface area contributed by atoms with Crippen LogP contribution < -0.4 is 0 Å². The van der Waals surface area contributed by atoms with Crippen LogP contribution in [-0.4, -0.2) is 31.6 Å². The molecule has 0 heterocycles. The summed E-state index contributed by atoms with van der Waals surface area (Å²) < 4.78 is 21.6. The summed E-state index contributed by atoms with van der Waals surface area (Å²) in [5, 5.41) is 9.61. The fraction of sp³-hybridized carbons (Fsp3) is 1.00. The smallest absolute Gasteiger partial charge is 0.147 e. The van der Waals surface area contributed by atoms with Gasteiger partial charge in [-0.2, -0.15) is 0 Å². The van der Waals surface area contributed by atoms with Crippen molar-refractivity contribution in [3.8, 4) is 0 Å². The summed E-state index contributed by atoms with van der Waals surface area (Å²) in [6, 6.07) is 0. The monoisotopic (exact) mass is 208 g/mol. The van der Waals surface area contributed by atoms with Crippen molar-refractivity contribution < 1.29 is 13.5 Å². The SMILES string of the molecule is CCC(CC)C(O)CCS(C)(=O)=O. The van der Waals surface area contributed by atoms with Crippen molar-refractivity contribution in [3.05, 3.63) is 0 Å². The highest BCUT2D eigenvalue weighted by Gasteiger charge is 2.16. The Hall–Kier alpha value is -0.0900. The van der Waals surface area contributed by atoms with E-state index in [0.29, 0.717) is 6.42 Å². The Morgan fingerprint density at radius 3 is 2.00 bits per heavy atom. The predicted molar refractivity (Wildman–Crippen MR) is 54.4 cm³/mol. The lowest BCUT2D eigenvalue weighted by Gasteiger charge is -2.19. The summed E-state index contributed by atoms with van der Waals surface area (Å²) in [6.45, 7) is 4.02. The largest absolute Gasteiger partial charge is 0.393 e. The predicted octanol–water partition coefficient (Wildman–Crippen LogP) is 1.22. The topological polar surface area (TPSA) is 54.4 Å². The molecular weight excluding hydrogens is 188 g/mol.